The van der Waals surface area contributed by atoms with Crippen molar-refractivity contribution in [1.29, 1.82) is 0 Å². The molecule has 2 unspecified atom stereocenters. The SMILES string of the molecule is CC1CC(F)=CC=C1[C@](O)(Cn1cnnn1)C(F)(F)c1ccc(C2C=CC(OC(F)(F)F)=CC2)cn1. The normalized spacial score (nSPS) is 22.4. The van der Waals surface area contributed by atoms with Crippen molar-refractivity contribution < 1.29 is 36.2 Å². The van der Waals surface area contributed by atoms with Crippen molar-refractivity contribution in [2.45, 2.75) is 50.1 Å². The molecule has 0 saturated carbocycles. The lowest BCUT2D eigenvalue weighted by atomic mass is 9.75. The van der Waals surface area contributed by atoms with Crippen LogP contribution in [0.15, 0.2) is 72.2 Å². The van der Waals surface area contributed by atoms with Crippen molar-refractivity contribution in [2.75, 3.05) is 0 Å². The Morgan fingerprint density at radius 3 is 2.50 bits per heavy atom. The number of rotatable bonds is 7. The van der Waals surface area contributed by atoms with E-state index in [9.17, 15) is 22.7 Å². The molecule has 2 aromatic rings. The molecule has 2 heterocycles. The van der Waals surface area contributed by atoms with Crippen molar-refractivity contribution in [1.82, 2.24) is 25.2 Å². The van der Waals surface area contributed by atoms with Gasteiger partial charge in [-0.05, 0) is 58.2 Å². The van der Waals surface area contributed by atoms with Crippen LogP contribution in [0.2, 0.25) is 0 Å². The van der Waals surface area contributed by atoms with Crippen molar-refractivity contribution in [3.63, 3.8) is 0 Å². The maximum Gasteiger partial charge on any atom is 0.573 e. The Balaban J connectivity index is 1.61. The fourth-order valence-corrected chi connectivity index (χ4v) is 4.30. The van der Waals surface area contributed by atoms with Crippen molar-refractivity contribution in [3.05, 3.63) is 83.5 Å². The van der Waals surface area contributed by atoms with E-state index in [0.717, 1.165) is 35.3 Å². The Kier molecular flexibility index (Phi) is 6.78. The van der Waals surface area contributed by atoms with Crippen LogP contribution in [0.3, 0.4) is 0 Å². The van der Waals surface area contributed by atoms with Crippen LogP contribution in [0.4, 0.5) is 26.3 Å². The summed E-state index contributed by atoms with van der Waals surface area (Å²) in [6.45, 7) is 0.801. The number of aromatic nitrogens is 5. The van der Waals surface area contributed by atoms with Gasteiger partial charge in [-0.15, -0.1) is 18.3 Å². The molecular weight excluding hydrogens is 492 g/mol. The summed E-state index contributed by atoms with van der Waals surface area (Å²) in [5.74, 6) is -5.96. The van der Waals surface area contributed by atoms with Crippen LogP contribution in [0, 0.1) is 5.92 Å². The summed E-state index contributed by atoms with van der Waals surface area (Å²) in [5, 5.41) is 21.8. The fraction of sp³-hybridized carbons (Fsp3) is 0.391. The second kappa shape index (κ2) is 9.52. The first-order chi connectivity index (χ1) is 16.9. The first-order valence-corrected chi connectivity index (χ1v) is 10.9. The zero-order valence-electron chi connectivity index (χ0n) is 18.8. The van der Waals surface area contributed by atoms with E-state index < -0.39 is 47.8 Å². The number of hydrogen-bond donors (Lipinski definition) is 1. The molecule has 7 nitrogen and oxygen atoms in total. The molecule has 0 aromatic carbocycles. The minimum absolute atomic E-state index is 0.104. The summed E-state index contributed by atoms with van der Waals surface area (Å²) >= 11 is 0. The van der Waals surface area contributed by atoms with Gasteiger partial charge >= 0.3 is 12.3 Å². The number of allylic oxidation sites excluding steroid dienone is 6. The molecule has 0 bridgehead atoms. The summed E-state index contributed by atoms with van der Waals surface area (Å²) < 4.78 is 87.6. The average molecular weight is 513 g/mol. The third-order valence-corrected chi connectivity index (χ3v) is 6.09. The maximum absolute atomic E-state index is 15.9. The largest absolute Gasteiger partial charge is 0.573 e. The van der Waals surface area contributed by atoms with Gasteiger partial charge in [0.05, 0.1) is 6.54 Å². The van der Waals surface area contributed by atoms with E-state index >= 15 is 8.78 Å². The van der Waals surface area contributed by atoms with Crippen LogP contribution >= 0.6 is 0 Å². The number of alkyl halides is 5. The summed E-state index contributed by atoms with van der Waals surface area (Å²) in [7, 11) is 0. The molecule has 2 aromatic heterocycles. The van der Waals surface area contributed by atoms with Crippen LogP contribution in [0.5, 0.6) is 0 Å². The third-order valence-electron chi connectivity index (χ3n) is 6.09. The van der Waals surface area contributed by atoms with Gasteiger partial charge in [0.25, 0.3) is 0 Å². The van der Waals surface area contributed by atoms with E-state index in [2.05, 4.69) is 25.2 Å². The van der Waals surface area contributed by atoms with Gasteiger partial charge in [0.15, 0.2) is 5.60 Å². The molecule has 1 N–H and O–H groups in total. The Bertz CT molecular complexity index is 1200. The topological polar surface area (TPSA) is 86.0 Å². The Hall–Kier alpha value is -3.48. The van der Waals surface area contributed by atoms with E-state index in [1.54, 1.807) is 0 Å². The van der Waals surface area contributed by atoms with Gasteiger partial charge in [-0.3, -0.25) is 4.98 Å². The van der Waals surface area contributed by atoms with E-state index in [1.165, 1.54) is 31.3 Å². The van der Waals surface area contributed by atoms with Gasteiger partial charge in [0.1, 0.15) is 23.6 Å². The summed E-state index contributed by atoms with van der Waals surface area (Å²) in [6.07, 6.45) is 3.44. The van der Waals surface area contributed by atoms with Gasteiger partial charge in [-0.25, -0.2) is 9.07 Å². The van der Waals surface area contributed by atoms with E-state index in [0.29, 0.717) is 5.56 Å². The number of aliphatic hydroxyl groups is 1. The molecule has 3 atom stereocenters. The highest BCUT2D eigenvalue weighted by atomic mass is 19.4. The third kappa shape index (κ3) is 5.20. The molecule has 13 heteroatoms. The zero-order chi connectivity index (χ0) is 26.1. The van der Waals surface area contributed by atoms with Crippen LogP contribution in [-0.2, 0) is 17.2 Å². The standard InChI is InChI=1S/C23H21F6N5O2/c1-14-10-17(24)5-8-19(14)21(35,12-34-13-31-32-33-34)22(25,26)20-9-4-16(11-30-20)15-2-6-18(7-3-15)36-23(27,28)29/h2,4-9,11,13-15,35H,3,10,12H2,1H3/t14?,15?,21-/m1/s1. The smallest absolute Gasteiger partial charge is 0.406 e. The summed E-state index contributed by atoms with van der Waals surface area (Å²) in [6, 6.07) is 2.41. The Morgan fingerprint density at radius 2 is 1.94 bits per heavy atom. The molecule has 0 spiro atoms. The molecule has 2 aliphatic carbocycles. The number of ether oxygens (including phenoxy) is 1. The Morgan fingerprint density at radius 1 is 1.17 bits per heavy atom. The molecule has 0 radical (unpaired) electrons. The summed E-state index contributed by atoms with van der Waals surface area (Å²) in [5.41, 5.74) is -3.22. The van der Waals surface area contributed by atoms with Gasteiger partial charge < -0.3 is 9.84 Å². The number of hydrogen-bond acceptors (Lipinski definition) is 6. The van der Waals surface area contributed by atoms with Crippen LogP contribution in [0.25, 0.3) is 0 Å². The lowest BCUT2D eigenvalue weighted by Gasteiger charge is -2.40. The lowest BCUT2D eigenvalue weighted by molar-refractivity contribution is -0.303. The quantitative estimate of drug-likeness (QED) is 0.532. The first kappa shape index (κ1) is 25.6. The fourth-order valence-electron chi connectivity index (χ4n) is 4.30. The Labute approximate surface area is 201 Å². The molecule has 2 aliphatic rings. The number of tetrazole rings is 1. The number of nitrogens with zero attached hydrogens (tertiary/aromatic N) is 5. The molecule has 0 amide bonds. The van der Waals surface area contributed by atoms with Crippen molar-refractivity contribution in [2.24, 2.45) is 5.92 Å². The second-order valence-electron chi connectivity index (χ2n) is 8.62. The van der Waals surface area contributed by atoms with Crippen molar-refractivity contribution in [3.8, 4) is 0 Å². The number of pyridine rings is 1. The first-order valence-electron chi connectivity index (χ1n) is 10.9. The highest BCUT2D eigenvalue weighted by molar-refractivity contribution is 5.36. The minimum atomic E-state index is -4.82. The molecule has 192 valence electrons. The zero-order valence-corrected chi connectivity index (χ0v) is 18.8. The van der Waals surface area contributed by atoms with Gasteiger partial charge in [-0.1, -0.05) is 25.1 Å². The summed E-state index contributed by atoms with van der Waals surface area (Å²) in [4.78, 5) is 3.88. The van der Waals surface area contributed by atoms with Crippen LogP contribution < -0.4 is 0 Å². The maximum atomic E-state index is 15.9. The van der Waals surface area contributed by atoms with Gasteiger partial charge in [-0.2, -0.15) is 8.78 Å². The number of halogens is 6. The van der Waals surface area contributed by atoms with Crippen LogP contribution in [0.1, 0.15) is 36.9 Å². The van der Waals surface area contributed by atoms with Gasteiger partial charge in [0, 0.05) is 18.5 Å². The van der Waals surface area contributed by atoms with E-state index in [4.69, 9.17) is 0 Å². The second-order valence-corrected chi connectivity index (χ2v) is 8.62. The lowest BCUT2D eigenvalue weighted by Crippen LogP contribution is -2.53. The van der Waals surface area contributed by atoms with E-state index in [1.807, 2.05) is 0 Å². The highest BCUT2D eigenvalue weighted by Gasteiger charge is 2.58. The molecule has 0 fully saturated rings. The molecule has 0 aliphatic heterocycles. The monoisotopic (exact) mass is 513 g/mol. The highest BCUT2D eigenvalue weighted by Crippen LogP contribution is 2.48. The van der Waals surface area contributed by atoms with Gasteiger partial charge in [0.2, 0.25) is 0 Å². The van der Waals surface area contributed by atoms with Crippen molar-refractivity contribution >= 4 is 0 Å². The van der Waals surface area contributed by atoms with E-state index in [-0.39, 0.29) is 24.2 Å². The molecular formula is C23H21F6N5O2. The predicted molar refractivity (Wildman–Crippen MR) is 114 cm³/mol. The average Bonchev–Trinajstić information content (AvgIpc) is 3.31. The minimum Gasteiger partial charge on any atom is -0.406 e. The predicted octanol–water partition coefficient (Wildman–Crippen LogP) is 4.87. The molecule has 0 saturated heterocycles. The molecule has 4 rings (SSSR count). The van der Waals surface area contributed by atoms with Crippen LogP contribution in [-0.4, -0.2) is 42.3 Å². The molecule has 36 heavy (non-hydrogen) atoms.